The average molecular weight is 440 g/mol. The first kappa shape index (κ1) is 22.5. The molecule has 29 heavy (non-hydrogen) atoms. The molecule has 9 nitrogen and oxygen atoms in total. The number of methoxy groups -OCH3 is 1. The predicted molar refractivity (Wildman–Crippen MR) is 106 cm³/mol. The van der Waals surface area contributed by atoms with E-state index in [-0.39, 0.29) is 15.5 Å². The Balaban J connectivity index is 1.89. The van der Waals surface area contributed by atoms with E-state index in [9.17, 15) is 22.8 Å². The summed E-state index contributed by atoms with van der Waals surface area (Å²) < 4.78 is 35.7. The van der Waals surface area contributed by atoms with Crippen LogP contribution in [0, 0.1) is 13.8 Å². The van der Waals surface area contributed by atoms with Crippen molar-refractivity contribution in [2.45, 2.75) is 18.7 Å². The number of ether oxygens (including phenoxy) is 2. The van der Waals surface area contributed by atoms with Crippen LogP contribution in [0.1, 0.15) is 20.8 Å². The molecule has 11 heteroatoms. The quantitative estimate of drug-likeness (QED) is 0.597. The van der Waals surface area contributed by atoms with Gasteiger partial charge in [0.05, 0.1) is 17.6 Å². The monoisotopic (exact) mass is 440 g/mol. The van der Waals surface area contributed by atoms with Crippen LogP contribution >= 0.6 is 11.3 Å². The van der Waals surface area contributed by atoms with Gasteiger partial charge in [0.1, 0.15) is 11.5 Å². The van der Waals surface area contributed by atoms with Gasteiger partial charge in [-0.15, -0.1) is 11.3 Å². The number of amides is 1. The molecular formula is C18H20N2O7S2. The zero-order valence-electron chi connectivity index (χ0n) is 16.0. The second kappa shape index (κ2) is 9.63. The molecule has 0 bridgehead atoms. The molecular weight excluding hydrogens is 420 g/mol. The molecule has 156 valence electrons. The van der Waals surface area contributed by atoms with Gasteiger partial charge >= 0.3 is 11.9 Å². The number of hydrogen-bond donors (Lipinski definition) is 2. The highest BCUT2D eigenvalue weighted by molar-refractivity contribution is 7.89. The van der Waals surface area contributed by atoms with Crippen LogP contribution in [0.2, 0.25) is 0 Å². The topological polar surface area (TPSA) is 128 Å². The number of carbonyl (C=O) groups excluding carboxylic acids is 3. The summed E-state index contributed by atoms with van der Waals surface area (Å²) in [5.74, 6) is -2.18. The molecule has 1 aromatic carbocycles. The smallest absolute Gasteiger partial charge is 0.341 e. The lowest BCUT2D eigenvalue weighted by molar-refractivity contribution is -0.146. The lowest BCUT2D eigenvalue weighted by Gasteiger charge is -2.08. The Morgan fingerprint density at radius 2 is 1.76 bits per heavy atom. The van der Waals surface area contributed by atoms with E-state index in [0.717, 1.165) is 4.88 Å². The largest absolute Gasteiger partial charge is 0.465 e. The van der Waals surface area contributed by atoms with Crippen LogP contribution in [-0.2, 0) is 29.1 Å². The first-order chi connectivity index (χ1) is 13.7. The minimum absolute atomic E-state index is 0.00400. The highest BCUT2D eigenvalue weighted by Gasteiger charge is 2.22. The summed E-state index contributed by atoms with van der Waals surface area (Å²) in [6.07, 6.45) is 0. The van der Waals surface area contributed by atoms with Crippen LogP contribution in [0.25, 0.3) is 0 Å². The lowest BCUT2D eigenvalue weighted by atomic mass is 10.1. The Morgan fingerprint density at radius 1 is 1.10 bits per heavy atom. The number of sulfonamides is 1. The molecule has 2 N–H and O–H groups in total. The molecule has 1 amide bonds. The summed E-state index contributed by atoms with van der Waals surface area (Å²) in [6.45, 7) is 2.26. The van der Waals surface area contributed by atoms with Crippen LogP contribution in [-0.4, -0.2) is 46.5 Å². The fourth-order valence-electron chi connectivity index (χ4n) is 2.26. The van der Waals surface area contributed by atoms with E-state index in [1.54, 1.807) is 32.0 Å². The number of thiophene rings is 1. The van der Waals surface area contributed by atoms with Gasteiger partial charge in [0.2, 0.25) is 10.0 Å². The van der Waals surface area contributed by atoms with Gasteiger partial charge < -0.3 is 14.8 Å². The third-order valence-corrected chi connectivity index (χ3v) is 6.39. The molecule has 0 radical (unpaired) electrons. The van der Waals surface area contributed by atoms with Gasteiger partial charge in [-0.1, -0.05) is 18.2 Å². The molecule has 0 atom stereocenters. The Hall–Kier alpha value is -2.76. The molecule has 0 fully saturated rings. The minimum Gasteiger partial charge on any atom is -0.465 e. The highest BCUT2D eigenvalue weighted by atomic mass is 32.2. The number of hydrogen-bond acceptors (Lipinski definition) is 8. The Morgan fingerprint density at radius 3 is 2.38 bits per heavy atom. The number of carbonyl (C=O) groups is 3. The van der Waals surface area contributed by atoms with E-state index in [2.05, 4.69) is 10.0 Å². The summed E-state index contributed by atoms with van der Waals surface area (Å²) in [7, 11) is -2.63. The normalized spacial score (nSPS) is 11.0. The maximum Gasteiger partial charge on any atom is 0.341 e. The first-order valence-corrected chi connectivity index (χ1v) is 10.6. The third kappa shape index (κ3) is 5.86. The molecule has 0 spiro atoms. The van der Waals surface area contributed by atoms with Crippen LogP contribution in [0.15, 0.2) is 35.2 Å². The van der Waals surface area contributed by atoms with Crippen molar-refractivity contribution < 1.29 is 32.3 Å². The third-order valence-electron chi connectivity index (χ3n) is 3.85. The van der Waals surface area contributed by atoms with Crippen molar-refractivity contribution in [1.82, 2.24) is 4.72 Å². The number of aryl methyl sites for hydroxylation is 1. The van der Waals surface area contributed by atoms with Crippen LogP contribution in [0.3, 0.4) is 0 Å². The van der Waals surface area contributed by atoms with Crippen LogP contribution in [0.4, 0.5) is 5.00 Å². The van der Waals surface area contributed by atoms with Crippen molar-refractivity contribution in [2.24, 2.45) is 0 Å². The zero-order valence-corrected chi connectivity index (χ0v) is 17.6. The van der Waals surface area contributed by atoms with Gasteiger partial charge in [-0.25, -0.2) is 13.2 Å². The van der Waals surface area contributed by atoms with Crippen molar-refractivity contribution in [3.8, 4) is 0 Å². The molecule has 0 unspecified atom stereocenters. The lowest BCUT2D eigenvalue weighted by Crippen LogP contribution is -2.32. The van der Waals surface area contributed by atoms with Crippen molar-refractivity contribution in [3.05, 3.63) is 46.3 Å². The maximum absolute atomic E-state index is 12.1. The van der Waals surface area contributed by atoms with Gasteiger partial charge in [0, 0.05) is 4.88 Å². The summed E-state index contributed by atoms with van der Waals surface area (Å²) in [4.78, 5) is 36.5. The number of nitrogens with one attached hydrogen (secondary N) is 2. The van der Waals surface area contributed by atoms with Crippen molar-refractivity contribution in [3.63, 3.8) is 0 Å². The van der Waals surface area contributed by atoms with Crippen molar-refractivity contribution in [2.75, 3.05) is 25.6 Å². The fraction of sp³-hybridized carbons (Fsp3) is 0.278. The average Bonchev–Trinajstić information content (AvgIpc) is 2.98. The summed E-state index contributed by atoms with van der Waals surface area (Å²) in [5, 5.41) is 2.79. The van der Waals surface area contributed by atoms with Gasteiger partial charge in [0.25, 0.3) is 5.91 Å². The second-order valence-corrected chi connectivity index (χ2v) is 8.82. The van der Waals surface area contributed by atoms with E-state index in [0.29, 0.717) is 5.56 Å². The number of rotatable bonds is 8. The van der Waals surface area contributed by atoms with E-state index < -0.39 is 41.0 Å². The van der Waals surface area contributed by atoms with E-state index >= 15 is 0 Å². The summed E-state index contributed by atoms with van der Waals surface area (Å²) in [6, 6.07) is 7.52. The maximum atomic E-state index is 12.1. The molecule has 0 saturated heterocycles. The zero-order chi connectivity index (χ0) is 21.6. The Kier molecular flexibility index (Phi) is 7.48. The van der Waals surface area contributed by atoms with E-state index in [1.807, 2.05) is 0 Å². The van der Waals surface area contributed by atoms with Crippen LogP contribution in [0.5, 0.6) is 0 Å². The highest BCUT2D eigenvalue weighted by Crippen LogP contribution is 2.32. The number of benzene rings is 1. The van der Waals surface area contributed by atoms with Gasteiger partial charge in [0.15, 0.2) is 6.61 Å². The first-order valence-electron chi connectivity index (χ1n) is 8.34. The van der Waals surface area contributed by atoms with Crippen molar-refractivity contribution in [1.29, 1.82) is 0 Å². The van der Waals surface area contributed by atoms with E-state index in [4.69, 9.17) is 9.47 Å². The van der Waals surface area contributed by atoms with Gasteiger partial charge in [-0.05, 0) is 31.5 Å². The van der Waals surface area contributed by atoms with Crippen molar-refractivity contribution >= 4 is 44.2 Å². The Labute approximate surface area is 172 Å². The molecule has 0 saturated carbocycles. The number of esters is 2. The molecule has 0 aliphatic rings. The fourth-order valence-corrected chi connectivity index (χ4v) is 4.31. The minimum atomic E-state index is -3.86. The molecule has 2 aromatic rings. The predicted octanol–water partition coefficient (Wildman–Crippen LogP) is 1.61. The molecule has 2 rings (SSSR count). The molecule has 0 aliphatic heterocycles. The molecule has 1 aromatic heterocycles. The van der Waals surface area contributed by atoms with Crippen LogP contribution < -0.4 is 10.0 Å². The molecule has 0 aliphatic carbocycles. The van der Waals surface area contributed by atoms with E-state index in [1.165, 1.54) is 30.6 Å². The SMILES string of the molecule is COC(=O)c1c(NC(=O)COC(=O)CNS(=O)(=O)c2ccccc2)sc(C)c1C. The summed E-state index contributed by atoms with van der Waals surface area (Å²) in [5.41, 5.74) is 0.926. The Bertz CT molecular complexity index is 1010. The van der Waals surface area contributed by atoms with Gasteiger partial charge in [-0.3, -0.25) is 9.59 Å². The summed E-state index contributed by atoms with van der Waals surface area (Å²) >= 11 is 1.19. The standard InChI is InChI=1S/C18H20N2O7S2/c1-11-12(2)28-17(16(11)18(23)26-3)20-14(21)10-27-15(22)9-19-29(24,25)13-7-5-4-6-8-13/h4-8,19H,9-10H2,1-3H3,(H,20,21). The molecule has 1 heterocycles. The second-order valence-electron chi connectivity index (χ2n) is 5.83. The number of anilines is 1. The van der Waals surface area contributed by atoms with Gasteiger partial charge in [-0.2, -0.15) is 4.72 Å².